The van der Waals surface area contributed by atoms with Crippen LogP contribution in [-0.4, -0.2) is 13.4 Å². The van der Waals surface area contributed by atoms with Crippen LogP contribution in [0.3, 0.4) is 0 Å². The quantitative estimate of drug-likeness (QED) is 0.644. The summed E-state index contributed by atoms with van der Waals surface area (Å²) in [5.41, 5.74) is 1.23. The maximum absolute atomic E-state index is 12.4. The van der Waals surface area contributed by atoms with Crippen LogP contribution in [0.4, 0.5) is 17.2 Å². The number of anilines is 3. The third kappa shape index (κ3) is 4.42. The summed E-state index contributed by atoms with van der Waals surface area (Å²) in [6.45, 7) is 0. The van der Waals surface area contributed by atoms with Gasteiger partial charge in [-0.15, -0.1) is 0 Å². The molecule has 0 fully saturated rings. The van der Waals surface area contributed by atoms with Crippen molar-refractivity contribution >= 4 is 50.4 Å². The van der Waals surface area contributed by atoms with Crippen LogP contribution in [0.2, 0.25) is 10.0 Å². The van der Waals surface area contributed by atoms with E-state index >= 15 is 0 Å². The molecular weight excluding hydrogens is 381 g/mol. The van der Waals surface area contributed by atoms with E-state index in [0.717, 1.165) is 5.69 Å². The molecule has 0 unspecified atom stereocenters. The van der Waals surface area contributed by atoms with Crippen molar-refractivity contribution in [2.24, 2.45) is 0 Å². The van der Waals surface area contributed by atoms with Gasteiger partial charge in [0, 0.05) is 5.69 Å². The number of halogens is 2. The molecule has 8 heteroatoms. The van der Waals surface area contributed by atoms with E-state index in [-0.39, 0.29) is 9.92 Å². The Balaban J connectivity index is 1.75. The Morgan fingerprint density at radius 2 is 1.60 bits per heavy atom. The van der Waals surface area contributed by atoms with Crippen LogP contribution in [0.5, 0.6) is 0 Å². The molecule has 0 radical (unpaired) electrons. The first-order valence-electron chi connectivity index (χ1n) is 7.20. The zero-order valence-electron chi connectivity index (χ0n) is 12.8. The van der Waals surface area contributed by atoms with Gasteiger partial charge in [0.25, 0.3) is 10.0 Å². The Bertz CT molecular complexity index is 979. The summed E-state index contributed by atoms with van der Waals surface area (Å²) >= 11 is 11.7. The zero-order valence-corrected chi connectivity index (χ0v) is 15.1. The van der Waals surface area contributed by atoms with Gasteiger partial charge in [0.2, 0.25) is 0 Å². The molecule has 1 aromatic heterocycles. The molecule has 0 saturated heterocycles. The number of para-hydroxylation sites is 1. The van der Waals surface area contributed by atoms with E-state index in [9.17, 15) is 8.42 Å². The van der Waals surface area contributed by atoms with Crippen LogP contribution in [-0.2, 0) is 10.0 Å². The van der Waals surface area contributed by atoms with Gasteiger partial charge in [-0.3, -0.25) is 4.72 Å². The smallest absolute Gasteiger partial charge is 0.261 e. The second-order valence-corrected chi connectivity index (χ2v) is 7.60. The first-order valence-corrected chi connectivity index (χ1v) is 9.44. The van der Waals surface area contributed by atoms with Crippen LogP contribution in [0.25, 0.3) is 0 Å². The molecule has 0 amide bonds. The fraction of sp³-hybridized carbons (Fsp3) is 0. The van der Waals surface area contributed by atoms with E-state index in [4.69, 9.17) is 23.2 Å². The van der Waals surface area contributed by atoms with Crippen LogP contribution in [0.15, 0.2) is 71.8 Å². The number of nitrogens with zero attached hydrogens (tertiary/aromatic N) is 1. The Kier molecular flexibility index (Phi) is 5.13. The lowest BCUT2D eigenvalue weighted by Gasteiger charge is -2.10. The number of aromatic nitrogens is 1. The standard InChI is InChI=1S/C17H13Cl2N3O2S/c18-15-8-7-14(10-16(15)19)25(23,24)22-13-6-9-17(20-11-13)21-12-4-2-1-3-5-12/h1-11,22H,(H,20,21). The molecule has 3 rings (SSSR count). The van der Waals surface area contributed by atoms with Crippen molar-refractivity contribution in [3.8, 4) is 0 Å². The molecule has 0 bridgehead atoms. The highest BCUT2D eigenvalue weighted by molar-refractivity contribution is 7.92. The summed E-state index contributed by atoms with van der Waals surface area (Å²) in [7, 11) is -3.78. The summed E-state index contributed by atoms with van der Waals surface area (Å²) < 4.78 is 27.2. The normalized spacial score (nSPS) is 11.1. The molecule has 0 aliphatic rings. The van der Waals surface area contributed by atoms with Crippen molar-refractivity contribution < 1.29 is 8.42 Å². The van der Waals surface area contributed by atoms with Gasteiger partial charge in [0.15, 0.2) is 0 Å². The lowest BCUT2D eigenvalue weighted by Crippen LogP contribution is -2.13. The monoisotopic (exact) mass is 393 g/mol. The maximum atomic E-state index is 12.4. The zero-order chi connectivity index (χ0) is 17.9. The van der Waals surface area contributed by atoms with E-state index in [1.165, 1.54) is 24.4 Å². The molecule has 1 heterocycles. The molecule has 0 atom stereocenters. The van der Waals surface area contributed by atoms with Gasteiger partial charge in [0.1, 0.15) is 5.82 Å². The number of rotatable bonds is 5. The highest BCUT2D eigenvalue weighted by Crippen LogP contribution is 2.26. The third-order valence-electron chi connectivity index (χ3n) is 3.26. The minimum Gasteiger partial charge on any atom is -0.340 e. The van der Waals surface area contributed by atoms with Crippen molar-refractivity contribution in [3.05, 3.63) is 76.9 Å². The topological polar surface area (TPSA) is 71.1 Å². The average molecular weight is 394 g/mol. The molecule has 0 aliphatic carbocycles. The van der Waals surface area contributed by atoms with E-state index in [1.54, 1.807) is 12.1 Å². The number of sulfonamides is 1. The predicted molar refractivity (Wildman–Crippen MR) is 101 cm³/mol. The Hall–Kier alpha value is -2.28. The summed E-state index contributed by atoms with van der Waals surface area (Å²) in [6, 6.07) is 17.0. The maximum Gasteiger partial charge on any atom is 0.261 e. The van der Waals surface area contributed by atoms with E-state index in [2.05, 4.69) is 15.0 Å². The molecule has 0 aliphatic heterocycles. The third-order valence-corrected chi connectivity index (χ3v) is 5.38. The van der Waals surface area contributed by atoms with Gasteiger partial charge in [-0.25, -0.2) is 13.4 Å². The van der Waals surface area contributed by atoms with Gasteiger partial charge in [-0.2, -0.15) is 0 Å². The van der Waals surface area contributed by atoms with Gasteiger partial charge in [0.05, 0.1) is 26.8 Å². The molecule has 2 aromatic carbocycles. The largest absolute Gasteiger partial charge is 0.340 e. The van der Waals surface area contributed by atoms with Gasteiger partial charge in [-0.05, 0) is 42.5 Å². The molecule has 2 N–H and O–H groups in total. The van der Waals surface area contributed by atoms with Crippen LogP contribution in [0.1, 0.15) is 0 Å². The van der Waals surface area contributed by atoms with E-state index < -0.39 is 10.0 Å². The molecule has 25 heavy (non-hydrogen) atoms. The fourth-order valence-electron chi connectivity index (χ4n) is 2.06. The van der Waals surface area contributed by atoms with E-state index in [0.29, 0.717) is 16.5 Å². The van der Waals surface area contributed by atoms with Crippen LogP contribution in [0, 0.1) is 0 Å². The van der Waals surface area contributed by atoms with Gasteiger partial charge in [-0.1, -0.05) is 41.4 Å². The Labute approximate surface area is 155 Å². The van der Waals surface area contributed by atoms with E-state index in [1.807, 2.05) is 30.3 Å². The Morgan fingerprint density at radius 1 is 0.840 bits per heavy atom. The van der Waals surface area contributed by atoms with Crippen LogP contribution >= 0.6 is 23.2 Å². The van der Waals surface area contributed by atoms with Gasteiger partial charge < -0.3 is 5.32 Å². The molecular formula is C17H13Cl2N3O2S. The lowest BCUT2D eigenvalue weighted by atomic mass is 10.3. The highest BCUT2D eigenvalue weighted by Gasteiger charge is 2.15. The number of pyridine rings is 1. The second kappa shape index (κ2) is 7.31. The van der Waals surface area contributed by atoms with Crippen molar-refractivity contribution in [3.63, 3.8) is 0 Å². The molecule has 0 spiro atoms. The van der Waals surface area contributed by atoms with Crippen molar-refractivity contribution in [1.29, 1.82) is 0 Å². The number of benzene rings is 2. The molecule has 3 aromatic rings. The summed E-state index contributed by atoms with van der Waals surface area (Å²) in [5, 5.41) is 3.58. The van der Waals surface area contributed by atoms with Crippen molar-refractivity contribution in [2.45, 2.75) is 4.90 Å². The first kappa shape index (κ1) is 17.5. The minimum absolute atomic E-state index is 0.0217. The fourth-order valence-corrected chi connectivity index (χ4v) is 3.49. The first-order chi connectivity index (χ1) is 11.9. The number of hydrogen-bond acceptors (Lipinski definition) is 4. The number of hydrogen-bond donors (Lipinski definition) is 2. The average Bonchev–Trinajstić information content (AvgIpc) is 2.60. The second-order valence-electron chi connectivity index (χ2n) is 5.10. The van der Waals surface area contributed by atoms with Crippen molar-refractivity contribution in [2.75, 3.05) is 10.0 Å². The SMILES string of the molecule is O=S(=O)(Nc1ccc(Nc2ccccc2)nc1)c1ccc(Cl)c(Cl)c1. The highest BCUT2D eigenvalue weighted by atomic mass is 35.5. The molecule has 5 nitrogen and oxygen atoms in total. The van der Waals surface area contributed by atoms with Crippen LogP contribution < -0.4 is 10.0 Å². The summed E-state index contributed by atoms with van der Waals surface area (Å²) in [5.74, 6) is 0.601. The summed E-state index contributed by atoms with van der Waals surface area (Å²) in [4.78, 5) is 4.22. The van der Waals surface area contributed by atoms with Crippen molar-refractivity contribution in [1.82, 2.24) is 4.98 Å². The van der Waals surface area contributed by atoms with Gasteiger partial charge >= 0.3 is 0 Å². The Morgan fingerprint density at radius 3 is 2.24 bits per heavy atom. The lowest BCUT2D eigenvalue weighted by molar-refractivity contribution is 0.601. The predicted octanol–water partition coefficient (Wildman–Crippen LogP) is 4.93. The molecule has 0 saturated carbocycles. The number of nitrogens with one attached hydrogen (secondary N) is 2. The summed E-state index contributed by atoms with van der Waals surface area (Å²) in [6.07, 6.45) is 1.43. The molecule has 128 valence electrons. The minimum atomic E-state index is -3.78.